The Bertz CT molecular complexity index is 270. The standard InChI is InChI=1S/C22H40/c1-3-5-7-9-11-13-15-17-19-21-22-20-18-16-14-12-10-8-6-4-2/h5,7,11,13,17,19H,3-4,6,8-10,12,14-16,18,20-22H2,1-2H3. The van der Waals surface area contributed by atoms with E-state index in [0.29, 0.717) is 0 Å². The smallest absolute Gasteiger partial charge is 0.0169 e. The van der Waals surface area contributed by atoms with Crippen molar-refractivity contribution < 1.29 is 0 Å². The molecule has 0 spiro atoms. The molecule has 0 atom stereocenters. The lowest BCUT2D eigenvalue weighted by atomic mass is 10.1. The van der Waals surface area contributed by atoms with Gasteiger partial charge in [0, 0.05) is 0 Å². The van der Waals surface area contributed by atoms with E-state index in [1.807, 2.05) is 0 Å². The van der Waals surface area contributed by atoms with E-state index in [4.69, 9.17) is 0 Å². The van der Waals surface area contributed by atoms with Crippen molar-refractivity contribution >= 4 is 0 Å². The third kappa shape index (κ3) is 19.2. The molecular formula is C22H40. The van der Waals surface area contributed by atoms with Crippen LogP contribution < -0.4 is 0 Å². The molecule has 22 heavy (non-hydrogen) atoms. The van der Waals surface area contributed by atoms with Gasteiger partial charge in [-0.3, -0.25) is 0 Å². The molecular weight excluding hydrogens is 264 g/mol. The number of rotatable bonds is 16. The summed E-state index contributed by atoms with van der Waals surface area (Å²) in [6.07, 6.45) is 32.5. The minimum Gasteiger partial charge on any atom is -0.0885 e. The highest BCUT2D eigenvalue weighted by atomic mass is 14.0. The lowest BCUT2D eigenvalue weighted by molar-refractivity contribution is 0.557. The minimum atomic E-state index is 1.08. The maximum absolute atomic E-state index is 2.36. The van der Waals surface area contributed by atoms with E-state index >= 15 is 0 Å². The summed E-state index contributed by atoms with van der Waals surface area (Å²) >= 11 is 0. The van der Waals surface area contributed by atoms with E-state index in [9.17, 15) is 0 Å². The summed E-state index contributed by atoms with van der Waals surface area (Å²) in [6.45, 7) is 4.46. The Morgan fingerprint density at radius 1 is 0.455 bits per heavy atom. The Balaban J connectivity index is 3.15. The summed E-state index contributed by atoms with van der Waals surface area (Å²) in [5, 5.41) is 0. The quantitative estimate of drug-likeness (QED) is 0.199. The molecule has 0 amide bonds. The van der Waals surface area contributed by atoms with Gasteiger partial charge < -0.3 is 0 Å². The molecule has 0 heteroatoms. The van der Waals surface area contributed by atoms with Crippen LogP contribution in [0, 0.1) is 0 Å². The highest BCUT2D eigenvalue weighted by Gasteiger charge is 1.91. The first kappa shape index (κ1) is 21.2. The van der Waals surface area contributed by atoms with Crippen LogP contribution >= 0.6 is 0 Å². The zero-order chi connectivity index (χ0) is 16.1. The molecule has 0 saturated carbocycles. The van der Waals surface area contributed by atoms with Crippen LogP contribution in [0.1, 0.15) is 104 Å². The summed E-state index contributed by atoms with van der Waals surface area (Å²) < 4.78 is 0. The highest BCUT2D eigenvalue weighted by Crippen LogP contribution is 2.11. The second-order valence-corrected chi connectivity index (χ2v) is 6.26. The number of hydrogen-bond acceptors (Lipinski definition) is 0. The number of unbranched alkanes of at least 4 members (excludes halogenated alkanes) is 10. The molecule has 0 aliphatic carbocycles. The Labute approximate surface area is 140 Å². The number of allylic oxidation sites excluding steroid dienone is 6. The van der Waals surface area contributed by atoms with Crippen molar-refractivity contribution in [2.45, 2.75) is 104 Å². The Hall–Kier alpha value is -0.780. The molecule has 0 unspecified atom stereocenters. The molecule has 0 aromatic rings. The average molecular weight is 305 g/mol. The van der Waals surface area contributed by atoms with Gasteiger partial charge in [0.15, 0.2) is 0 Å². The fourth-order valence-electron chi connectivity index (χ4n) is 2.58. The van der Waals surface area contributed by atoms with Crippen LogP contribution in [0.3, 0.4) is 0 Å². The maximum Gasteiger partial charge on any atom is -0.0169 e. The molecule has 0 radical (unpaired) electrons. The molecule has 0 bridgehead atoms. The van der Waals surface area contributed by atoms with Crippen molar-refractivity contribution in [3.8, 4) is 0 Å². The Kier molecular flexibility index (Phi) is 19.5. The molecule has 0 aliphatic heterocycles. The van der Waals surface area contributed by atoms with E-state index in [1.54, 1.807) is 0 Å². The van der Waals surface area contributed by atoms with Crippen molar-refractivity contribution in [2.75, 3.05) is 0 Å². The van der Waals surface area contributed by atoms with Crippen molar-refractivity contribution in [1.82, 2.24) is 0 Å². The summed E-state index contributed by atoms with van der Waals surface area (Å²) in [5.74, 6) is 0. The second kappa shape index (κ2) is 20.2. The summed E-state index contributed by atoms with van der Waals surface area (Å²) in [6, 6.07) is 0. The van der Waals surface area contributed by atoms with Crippen LogP contribution in [0.2, 0.25) is 0 Å². The molecule has 0 saturated heterocycles. The largest absolute Gasteiger partial charge is 0.0885 e. The zero-order valence-electron chi connectivity index (χ0n) is 15.4. The predicted molar refractivity (Wildman–Crippen MR) is 103 cm³/mol. The van der Waals surface area contributed by atoms with Crippen LogP contribution in [-0.2, 0) is 0 Å². The maximum atomic E-state index is 2.36. The monoisotopic (exact) mass is 304 g/mol. The highest BCUT2D eigenvalue weighted by molar-refractivity contribution is 4.96. The molecule has 0 aliphatic rings. The molecule has 0 aromatic carbocycles. The second-order valence-electron chi connectivity index (χ2n) is 6.26. The van der Waals surface area contributed by atoms with Crippen LogP contribution in [0.4, 0.5) is 0 Å². The van der Waals surface area contributed by atoms with Gasteiger partial charge in [-0.15, -0.1) is 0 Å². The van der Waals surface area contributed by atoms with Crippen molar-refractivity contribution in [1.29, 1.82) is 0 Å². The molecule has 0 aromatic heterocycles. The number of hydrogen-bond donors (Lipinski definition) is 0. The molecule has 0 heterocycles. The van der Waals surface area contributed by atoms with E-state index in [2.05, 4.69) is 50.3 Å². The molecule has 128 valence electrons. The van der Waals surface area contributed by atoms with Gasteiger partial charge in [0.25, 0.3) is 0 Å². The topological polar surface area (TPSA) is 0 Å². The van der Waals surface area contributed by atoms with Gasteiger partial charge >= 0.3 is 0 Å². The fourth-order valence-corrected chi connectivity index (χ4v) is 2.58. The summed E-state index contributed by atoms with van der Waals surface area (Å²) in [5.41, 5.74) is 0. The first-order valence-electron chi connectivity index (χ1n) is 9.86. The predicted octanol–water partition coefficient (Wildman–Crippen LogP) is 8.16. The molecule has 0 rings (SSSR count). The normalized spacial score (nSPS) is 12.3. The third-order valence-corrected chi connectivity index (χ3v) is 4.00. The molecule has 0 nitrogen and oxygen atoms in total. The Morgan fingerprint density at radius 3 is 1.45 bits per heavy atom. The fraction of sp³-hybridized carbons (Fsp3) is 0.727. The Morgan fingerprint density at radius 2 is 0.909 bits per heavy atom. The van der Waals surface area contributed by atoms with E-state index in [1.165, 1.54) is 70.6 Å². The van der Waals surface area contributed by atoms with Crippen molar-refractivity contribution in [2.24, 2.45) is 0 Å². The van der Waals surface area contributed by atoms with Crippen LogP contribution in [0.25, 0.3) is 0 Å². The van der Waals surface area contributed by atoms with Crippen molar-refractivity contribution in [3.63, 3.8) is 0 Å². The third-order valence-electron chi connectivity index (χ3n) is 4.00. The summed E-state index contributed by atoms with van der Waals surface area (Å²) in [7, 11) is 0. The lowest BCUT2D eigenvalue weighted by Gasteiger charge is -2.01. The first-order chi connectivity index (χ1) is 10.9. The average Bonchev–Trinajstić information content (AvgIpc) is 2.54. The summed E-state index contributed by atoms with van der Waals surface area (Å²) in [4.78, 5) is 0. The van der Waals surface area contributed by atoms with E-state index in [-0.39, 0.29) is 0 Å². The van der Waals surface area contributed by atoms with Gasteiger partial charge in [0.2, 0.25) is 0 Å². The van der Waals surface area contributed by atoms with Crippen LogP contribution in [0.5, 0.6) is 0 Å². The molecule has 0 N–H and O–H groups in total. The van der Waals surface area contributed by atoms with Crippen molar-refractivity contribution in [3.05, 3.63) is 36.5 Å². The van der Waals surface area contributed by atoms with Gasteiger partial charge in [-0.05, 0) is 32.1 Å². The molecule has 0 fully saturated rings. The van der Waals surface area contributed by atoms with E-state index in [0.717, 1.165) is 19.3 Å². The SMILES string of the molecule is CCC=CCC=CCC=CCCCCCCCCCCCC. The van der Waals surface area contributed by atoms with Crippen LogP contribution in [-0.4, -0.2) is 0 Å². The first-order valence-corrected chi connectivity index (χ1v) is 9.86. The van der Waals surface area contributed by atoms with Crippen LogP contribution in [0.15, 0.2) is 36.5 Å². The van der Waals surface area contributed by atoms with Gasteiger partial charge in [0.05, 0.1) is 0 Å². The lowest BCUT2D eigenvalue weighted by Crippen LogP contribution is -1.81. The zero-order valence-corrected chi connectivity index (χ0v) is 15.4. The van der Waals surface area contributed by atoms with Gasteiger partial charge in [-0.25, -0.2) is 0 Å². The van der Waals surface area contributed by atoms with Gasteiger partial charge in [0.1, 0.15) is 0 Å². The minimum absolute atomic E-state index is 1.08. The van der Waals surface area contributed by atoms with Gasteiger partial charge in [-0.1, -0.05) is 108 Å². The van der Waals surface area contributed by atoms with Gasteiger partial charge in [-0.2, -0.15) is 0 Å². The van der Waals surface area contributed by atoms with E-state index < -0.39 is 0 Å².